The van der Waals surface area contributed by atoms with Gasteiger partial charge in [-0.25, -0.2) is 9.97 Å². The summed E-state index contributed by atoms with van der Waals surface area (Å²) >= 11 is 0. The molecule has 1 aromatic heterocycles. The van der Waals surface area contributed by atoms with E-state index in [1.54, 1.807) is 0 Å². The number of hydrogen-bond acceptors (Lipinski definition) is 3. The van der Waals surface area contributed by atoms with E-state index in [2.05, 4.69) is 44.9 Å². The molecular formula is C28H26N3OP. The first-order valence-electron chi connectivity index (χ1n) is 11.4. The number of anilines is 1. The predicted octanol–water partition coefficient (Wildman–Crippen LogP) is 5.37. The second-order valence-corrected chi connectivity index (χ2v) is 9.05. The number of amides is 1. The van der Waals surface area contributed by atoms with E-state index in [0.29, 0.717) is 17.9 Å². The summed E-state index contributed by atoms with van der Waals surface area (Å²) in [7, 11) is 2.76. The molecule has 1 atom stereocenters. The average Bonchev–Trinajstić information content (AvgIpc) is 2.84. The number of nitrogens with zero attached hydrogens (tertiary/aromatic N) is 2. The van der Waals surface area contributed by atoms with Gasteiger partial charge in [-0.15, -0.1) is 9.24 Å². The van der Waals surface area contributed by atoms with Crippen LogP contribution in [0.25, 0.3) is 22.5 Å². The van der Waals surface area contributed by atoms with Crippen LogP contribution in [0.15, 0.2) is 78.9 Å². The normalized spacial score (nSPS) is 12.0. The molecule has 4 aromatic rings. The third-order valence-corrected chi connectivity index (χ3v) is 6.36. The summed E-state index contributed by atoms with van der Waals surface area (Å²) in [5, 5.41) is 4.24. The first-order valence-corrected chi connectivity index (χ1v) is 11.9. The molecule has 0 saturated heterocycles. The predicted molar refractivity (Wildman–Crippen MR) is 138 cm³/mol. The van der Waals surface area contributed by atoms with Gasteiger partial charge in [0, 0.05) is 17.5 Å². The molecule has 0 spiro atoms. The lowest BCUT2D eigenvalue weighted by Crippen LogP contribution is -2.17. The van der Waals surface area contributed by atoms with E-state index in [1.807, 2.05) is 48.5 Å². The lowest BCUT2D eigenvalue weighted by atomic mass is 9.91. The highest BCUT2D eigenvalue weighted by molar-refractivity contribution is 7.27. The molecule has 33 heavy (non-hydrogen) atoms. The molecule has 0 aliphatic heterocycles. The van der Waals surface area contributed by atoms with Crippen LogP contribution in [0.1, 0.15) is 29.7 Å². The highest BCUT2D eigenvalue weighted by atomic mass is 31.0. The Labute approximate surface area is 196 Å². The average molecular weight is 452 g/mol. The monoisotopic (exact) mass is 451 g/mol. The maximum Gasteiger partial charge on any atom is 0.225 e. The molecule has 0 fully saturated rings. The SMILES string of the molecule is O=C(CCCc1ccccc1)Nc1nc2c(nc1-c1ccccc1)-c1ccc(P)cc1CC2. The molecule has 164 valence electrons. The highest BCUT2D eigenvalue weighted by Crippen LogP contribution is 2.35. The molecule has 1 aliphatic carbocycles. The van der Waals surface area contributed by atoms with Crippen LogP contribution in [-0.4, -0.2) is 15.9 Å². The summed E-state index contributed by atoms with van der Waals surface area (Å²) in [5.74, 6) is 0.525. The second kappa shape index (κ2) is 9.64. The van der Waals surface area contributed by atoms with Crippen molar-refractivity contribution in [2.45, 2.75) is 32.1 Å². The van der Waals surface area contributed by atoms with E-state index < -0.39 is 0 Å². The van der Waals surface area contributed by atoms with Gasteiger partial charge in [0.15, 0.2) is 5.82 Å². The zero-order valence-corrected chi connectivity index (χ0v) is 19.6. The fourth-order valence-corrected chi connectivity index (χ4v) is 4.64. The Bertz CT molecular complexity index is 1290. The molecule has 5 rings (SSSR count). The highest BCUT2D eigenvalue weighted by Gasteiger charge is 2.23. The standard InChI is InChI=1S/C28H26N3OP/c32-25(13-7-10-19-8-3-1-4-9-19)30-28-26(20-11-5-2-6-12-20)31-27-23-16-15-22(33)18-21(23)14-17-24(27)29-28/h1-6,8-9,11-12,15-16,18H,7,10,13-14,17,33H2,(H,29,30,32). The fraction of sp³-hybridized carbons (Fsp3) is 0.179. The first kappa shape index (κ1) is 21.5. The molecule has 3 aromatic carbocycles. The molecule has 1 amide bonds. The first-order chi connectivity index (χ1) is 16.2. The summed E-state index contributed by atoms with van der Waals surface area (Å²) in [6, 6.07) is 26.6. The molecule has 0 saturated carbocycles. The van der Waals surface area contributed by atoms with E-state index in [9.17, 15) is 4.79 Å². The minimum Gasteiger partial charge on any atom is -0.309 e. The third-order valence-electron chi connectivity index (χ3n) is 6.00. The van der Waals surface area contributed by atoms with E-state index in [4.69, 9.17) is 9.97 Å². The van der Waals surface area contributed by atoms with Gasteiger partial charge in [0.25, 0.3) is 0 Å². The summed E-state index contributed by atoms with van der Waals surface area (Å²) in [5.41, 5.74) is 7.20. The largest absolute Gasteiger partial charge is 0.309 e. The molecule has 4 nitrogen and oxygen atoms in total. The van der Waals surface area contributed by atoms with Crippen LogP contribution < -0.4 is 10.6 Å². The smallest absolute Gasteiger partial charge is 0.225 e. The molecule has 5 heteroatoms. The lowest BCUT2D eigenvalue weighted by Gasteiger charge is -2.21. The Morgan fingerprint density at radius 2 is 1.64 bits per heavy atom. The van der Waals surface area contributed by atoms with Crippen molar-refractivity contribution in [2.24, 2.45) is 0 Å². The minimum absolute atomic E-state index is 0.0266. The zero-order chi connectivity index (χ0) is 22.6. The molecular weight excluding hydrogens is 425 g/mol. The minimum atomic E-state index is -0.0266. The quantitative estimate of drug-likeness (QED) is 0.401. The summed E-state index contributed by atoms with van der Waals surface area (Å²) in [4.78, 5) is 22.8. The number of fused-ring (bicyclic) bond motifs is 3. The van der Waals surface area contributed by atoms with Crippen LogP contribution >= 0.6 is 9.24 Å². The van der Waals surface area contributed by atoms with Gasteiger partial charge >= 0.3 is 0 Å². The van der Waals surface area contributed by atoms with E-state index in [0.717, 1.165) is 48.2 Å². The number of benzene rings is 3. The summed E-state index contributed by atoms with van der Waals surface area (Å²) in [6.45, 7) is 0. The van der Waals surface area contributed by atoms with Crippen LogP contribution in [-0.2, 0) is 24.1 Å². The lowest BCUT2D eigenvalue weighted by molar-refractivity contribution is -0.116. The van der Waals surface area contributed by atoms with Gasteiger partial charge in [0.2, 0.25) is 5.91 Å². The molecule has 1 unspecified atom stereocenters. The van der Waals surface area contributed by atoms with Crippen molar-refractivity contribution in [2.75, 3.05) is 5.32 Å². The topological polar surface area (TPSA) is 54.9 Å². The van der Waals surface area contributed by atoms with Gasteiger partial charge in [-0.05, 0) is 42.1 Å². The number of hydrogen-bond donors (Lipinski definition) is 1. The Morgan fingerprint density at radius 1 is 0.879 bits per heavy atom. The molecule has 0 bridgehead atoms. The molecule has 1 aliphatic rings. The number of rotatable bonds is 6. The van der Waals surface area contributed by atoms with Gasteiger partial charge in [0.05, 0.1) is 11.4 Å². The molecule has 0 radical (unpaired) electrons. The van der Waals surface area contributed by atoms with Gasteiger partial charge in [-0.2, -0.15) is 0 Å². The van der Waals surface area contributed by atoms with Crippen LogP contribution in [0, 0.1) is 0 Å². The molecule has 1 heterocycles. The van der Waals surface area contributed by atoms with Gasteiger partial charge in [-0.3, -0.25) is 4.79 Å². The van der Waals surface area contributed by atoms with Crippen LogP contribution in [0.5, 0.6) is 0 Å². The van der Waals surface area contributed by atoms with E-state index >= 15 is 0 Å². The van der Waals surface area contributed by atoms with Crippen LogP contribution in [0.4, 0.5) is 5.82 Å². The van der Waals surface area contributed by atoms with Crippen LogP contribution in [0.2, 0.25) is 0 Å². The number of nitrogens with one attached hydrogen (secondary N) is 1. The Kier molecular flexibility index (Phi) is 6.28. The van der Waals surface area contributed by atoms with Crippen molar-refractivity contribution >= 4 is 26.3 Å². The Balaban J connectivity index is 1.43. The molecule has 1 N–H and O–H groups in total. The number of carbonyl (C=O) groups is 1. The maximum atomic E-state index is 12.8. The van der Waals surface area contributed by atoms with Crippen molar-refractivity contribution in [1.29, 1.82) is 0 Å². The Hall–Kier alpha value is -3.36. The van der Waals surface area contributed by atoms with Crippen LogP contribution in [0.3, 0.4) is 0 Å². The maximum absolute atomic E-state index is 12.8. The van der Waals surface area contributed by atoms with E-state index in [-0.39, 0.29) is 5.91 Å². The van der Waals surface area contributed by atoms with Crippen molar-refractivity contribution in [3.63, 3.8) is 0 Å². The number of aryl methyl sites for hydroxylation is 3. The second-order valence-electron chi connectivity index (χ2n) is 8.39. The van der Waals surface area contributed by atoms with E-state index in [1.165, 1.54) is 16.4 Å². The summed E-state index contributed by atoms with van der Waals surface area (Å²) in [6.07, 6.45) is 3.86. The van der Waals surface area contributed by atoms with Crippen molar-refractivity contribution in [3.8, 4) is 22.5 Å². The zero-order valence-electron chi connectivity index (χ0n) is 18.4. The summed E-state index contributed by atoms with van der Waals surface area (Å²) < 4.78 is 0. The number of carbonyl (C=O) groups excluding carboxylic acids is 1. The third kappa shape index (κ3) is 4.86. The van der Waals surface area contributed by atoms with Gasteiger partial charge in [0.1, 0.15) is 5.69 Å². The Morgan fingerprint density at radius 3 is 2.42 bits per heavy atom. The van der Waals surface area contributed by atoms with Gasteiger partial charge < -0.3 is 5.32 Å². The van der Waals surface area contributed by atoms with Crippen molar-refractivity contribution in [1.82, 2.24) is 9.97 Å². The number of aromatic nitrogens is 2. The van der Waals surface area contributed by atoms with Gasteiger partial charge in [-0.1, -0.05) is 78.9 Å². The fourth-order valence-electron chi connectivity index (χ4n) is 4.34. The van der Waals surface area contributed by atoms with Crippen molar-refractivity contribution in [3.05, 3.63) is 95.7 Å². The van der Waals surface area contributed by atoms with Crippen molar-refractivity contribution < 1.29 is 4.79 Å².